The highest BCUT2D eigenvalue weighted by Crippen LogP contribution is 2.54. The van der Waals surface area contributed by atoms with Gasteiger partial charge in [-0.15, -0.1) is 11.3 Å². The van der Waals surface area contributed by atoms with Gasteiger partial charge in [-0.05, 0) is 54.0 Å². The molecule has 1 atom stereocenters. The molecule has 2 aromatic rings. The van der Waals surface area contributed by atoms with Gasteiger partial charge in [0.2, 0.25) is 0 Å². The van der Waals surface area contributed by atoms with Crippen molar-refractivity contribution < 1.29 is 10.1 Å². The lowest BCUT2D eigenvalue weighted by Gasteiger charge is -2.54. The zero-order chi connectivity index (χ0) is 18.3. The first-order valence-electron chi connectivity index (χ1n) is 10.4. The fourth-order valence-electron chi connectivity index (χ4n) is 6.38. The molecule has 3 nitrogen and oxygen atoms in total. The minimum absolute atomic E-state index is 0.0385. The molecule has 1 heterocycles. The van der Waals surface area contributed by atoms with E-state index in [9.17, 15) is 4.79 Å². The summed E-state index contributed by atoms with van der Waals surface area (Å²) in [5, 5.41) is 7.80. The van der Waals surface area contributed by atoms with Crippen molar-refractivity contribution in [3.05, 3.63) is 58.3 Å². The number of nitrogens with one attached hydrogen (secondary N) is 1. The Labute approximate surface area is 165 Å². The van der Waals surface area contributed by atoms with Gasteiger partial charge >= 0.3 is 0 Å². The third kappa shape index (κ3) is 3.57. The highest BCUT2D eigenvalue weighted by Gasteiger charge is 2.53. The third-order valence-electron chi connectivity index (χ3n) is 7.07. The maximum absolute atomic E-state index is 12.9. The number of carbonyl (C=O) groups is 1. The van der Waals surface area contributed by atoms with Crippen LogP contribution in [0.4, 0.5) is 0 Å². The number of hydrogen-bond acceptors (Lipinski definition) is 2. The minimum Gasteiger partial charge on any atom is -0.339 e. The molecule has 0 saturated heterocycles. The average molecular weight is 382 g/mol. The molecule has 4 saturated carbocycles. The van der Waals surface area contributed by atoms with Crippen LogP contribution in [0.2, 0.25) is 0 Å². The quantitative estimate of drug-likeness (QED) is 0.791. The second-order valence-electron chi connectivity index (χ2n) is 9.11. The molecule has 4 aliphatic carbocycles. The molecule has 4 heteroatoms. The van der Waals surface area contributed by atoms with Crippen molar-refractivity contribution in [2.45, 2.75) is 50.1 Å². The van der Waals surface area contributed by atoms with Gasteiger partial charge in [-0.25, -0.2) is 0 Å². The standard InChI is InChI=1S/C23H28N2OS/c26-21(15-24-23-12-16-9-17(13-23)11-18(10-16)14-23)25-22(20-7-4-8-27-20)19-5-2-1-3-6-19/h1-8,16-18,22,24H,9-15H2,(H,25,26)/p+1/t16?,17?,18?,22-,23?/m1/s1. The second-order valence-corrected chi connectivity index (χ2v) is 10.1. The number of quaternary nitrogens is 1. The van der Waals surface area contributed by atoms with E-state index < -0.39 is 0 Å². The van der Waals surface area contributed by atoms with Crippen LogP contribution >= 0.6 is 11.3 Å². The molecule has 1 aromatic carbocycles. The second kappa shape index (κ2) is 7.06. The summed E-state index contributed by atoms with van der Waals surface area (Å²) in [6, 6.07) is 14.5. The van der Waals surface area contributed by atoms with Gasteiger partial charge < -0.3 is 10.6 Å². The molecule has 6 rings (SSSR count). The van der Waals surface area contributed by atoms with E-state index in [2.05, 4.69) is 40.3 Å². The van der Waals surface area contributed by atoms with Gasteiger partial charge in [-0.2, -0.15) is 0 Å². The van der Waals surface area contributed by atoms with E-state index in [-0.39, 0.29) is 11.9 Å². The summed E-state index contributed by atoms with van der Waals surface area (Å²) in [7, 11) is 0. The lowest BCUT2D eigenvalue weighted by Crippen LogP contribution is -3.00. The van der Waals surface area contributed by atoms with Crippen LogP contribution in [-0.4, -0.2) is 18.0 Å². The topological polar surface area (TPSA) is 45.7 Å². The number of nitrogens with two attached hydrogens (primary N) is 1. The predicted octanol–water partition coefficient (Wildman–Crippen LogP) is 3.49. The van der Waals surface area contributed by atoms with Gasteiger partial charge in [-0.3, -0.25) is 4.79 Å². The first-order chi connectivity index (χ1) is 13.2. The molecule has 0 radical (unpaired) electrons. The molecule has 3 N–H and O–H groups in total. The van der Waals surface area contributed by atoms with E-state index >= 15 is 0 Å². The van der Waals surface area contributed by atoms with Crippen molar-refractivity contribution in [3.63, 3.8) is 0 Å². The molecular formula is C23H29N2OS+. The number of thiophene rings is 1. The first-order valence-corrected chi connectivity index (χ1v) is 11.3. The summed E-state index contributed by atoms with van der Waals surface area (Å²) in [6.07, 6.45) is 8.35. The number of benzene rings is 1. The molecule has 1 amide bonds. The van der Waals surface area contributed by atoms with Crippen molar-refractivity contribution in [2.24, 2.45) is 17.8 Å². The number of hydrogen-bond donors (Lipinski definition) is 2. The minimum atomic E-state index is -0.0385. The largest absolute Gasteiger partial charge is 0.339 e. The summed E-state index contributed by atoms with van der Waals surface area (Å²) in [4.78, 5) is 14.1. The Hall–Kier alpha value is -1.65. The van der Waals surface area contributed by atoms with E-state index in [4.69, 9.17) is 0 Å². The number of carbonyl (C=O) groups excluding carboxylic acids is 1. The molecule has 4 bridgehead atoms. The number of amides is 1. The normalized spacial score (nSPS) is 32.4. The maximum atomic E-state index is 12.9. The first kappa shape index (κ1) is 17.4. The van der Waals surface area contributed by atoms with Crippen LogP contribution in [0.5, 0.6) is 0 Å². The fourth-order valence-corrected chi connectivity index (χ4v) is 7.18. The Bertz CT molecular complexity index is 751. The van der Waals surface area contributed by atoms with E-state index in [0.29, 0.717) is 12.1 Å². The molecule has 0 aliphatic heterocycles. The Morgan fingerprint density at radius 1 is 1.04 bits per heavy atom. The third-order valence-corrected chi connectivity index (χ3v) is 8.01. The summed E-state index contributed by atoms with van der Waals surface area (Å²) in [5.74, 6) is 2.95. The van der Waals surface area contributed by atoms with Crippen molar-refractivity contribution in [3.8, 4) is 0 Å². The highest BCUT2D eigenvalue weighted by molar-refractivity contribution is 7.10. The lowest BCUT2D eigenvalue weighted by molar-refractivity contribution is -0.730. The van der Waals surface area contributed by atoms with E-state index in [1.807, 2.05) is 18.2 Å². The summed E-state index contributed by atoms with van der Waals surface area (Å²) in [5.41, 5.74) is 1.51. The summed E-state index contributed by atoms with van der Waals surface area (Å²) < 4.78 is 0. The van der Waals surface area contributed by atoms with Crippen molar-refractivity contribution in [1.82, 2.24) is 5.32 Å². The molecule has 0 spiro atoms. The van der Waals surface area contributed by atoms with Gasteiger partial charge in [0.1, 0.15) is 0 Å². The molecule has 4 fully saturated rings. The fraction of sp³-hybridized carbons (Fsp3) is 0.522. The lowest BCUT2D eigenvalue weighted by atomic mass is 9.53. The Kier molecular flexibility index (Phi) is 4.57. The van der Waals surface area contributed by atoms with Crippen molar-refractivity contribution in [1.29, 1.82) is 0 Å². The molecule has 27 heavy (non-hydrogen) atoms. The molecular weight excluding hydrogens is 352 g/mol. The molecule has 0 unspecified atom stereocenters. The predicted molar refractivity (Wildman–Crippen MR) is 108 cm³/mol. The highest BCUT2D eigenvalue weighted by atomic mass is 32.1. The zero-order valence-electron chi connectivity index (χ0n) is 15.8. The van der Waals surface area contributed by atoms with Gasteiger partial charge in [0.25, 0.3) is 5.91 Å². The Morgan fingerprint density at radius 3 is 2.30 bits per heavy atom. The van der Waals surface area contributed by atoms with Crippen LogP contribution in [0.15, 0.2) is 47.8 Å². The van der Waals surface area contributed by atoms with Crippen LogP contribution in [-0.2, 0) is 4.79 Å². The summed E-state index contributed by atoms with van der Waals surface area (Å²) in [6.45, 7) is 0.556. The SMILES string of the molecule is O=C(C[NH2+]C12CC3CC(CC(C3)C1)C2)N[C@H](c1ccccc1)c1cccs1. The molecule has 142 valence electrons. The van der Waals surface area contributed by atoms with Gasteiger partial charge in [0.05, 0.1) is 11.6 Å². The van der Waals surface area contributed by atoms with Crippen molar-refractivity contribution in [2.75, 3.05) is 6.54 Å². The van der Waals surface area contributed by atoms with Crippen LogP contribution in [0.1, 0.15) is 55.0 Å². The van der Waals surface area contributed by atoms with Crippen LogP contribution in [0.3, 0.4) is 0 Å². The molecule has 4 aliphatic rings. The maximum Gasteiger partial charge on any atom is 0.275 e. The van der Waals surface area contributed by atoms with Crippen LogP contribution < -0.4 is 10.6 Å². The van der Waals surface area contributed by atoms with Gasteiger partial charge in [0, 0.05) is 24.1 Å². The Balaban J connectivity index is 1.26. The monoisotopic (exact) mass is 381 g/mol. The van der Waals surface area contributed by atoms with E-state index in [1.54, 1.807) is 11.3 Å². The van der Waals surface area contributed by atoms with E-state index in [1.165, 1.54) is 43.4 Å². The van der Waals surface area contributed by atoms with Gasteiger partial charge in [0.15, 0.2) is 6.54 Å². The van der Waals surface area contributed by atoms with E-state index in [0.717, 1.165) is 23.3 Å². The zero-order valence-corrected chi connectivity index (χ0v) is 16.6. The van der Waals surface area contributed by atoms with Crippen LogP contribution in [0.25, 0.3) is 0 Å². The molecule has 1 aromatic heterocycles. The van der Waals surface area contributed by atoms with Crippen LogP contribution in [0, 0.1) is 17.8 Å². The van der Waals surface area contributed by atoms with Gasteiger partial charge in [-0.1, -0.05) is 36.4 Å². The van der Waals surface area contributed by atoms with Crippen molar-refractivity contribution >= 4 is 17.2 Å². The smallest absolute Gasteiger partial charge is 0.275 e. The summed E-state index contributed by atoms with van der Waals surface area (Å²) >= 11 is 1.71. The average Bonchev–Trinajstić information content (AvgIpc) is 3.19. The Morgan fingerprint density at radius 2 is 1.70 bits per heavy atom. The number of rotatable bonds is 6.